The molecule has 0 radical (unpaired) electrons. The van der Waals surface area contributed by atoms with Crippen LogP contribution in [0.25, 0.3) is 10.9 Å². The van der Waals surface area contributed by atoms with Gasteiger partial charge in [0.2, 0.25) is 11.8 Å². The van der Waals surface area contributed by atoms with Crippen molar-refractivity contribution < 1.29 is 9.59 Å². The lowest BCUT2D eigenvalue weighted by atomic mass is 10.1. The molecule has 2 amide bonds. The zero-order chi connectivity index (χ0) is 15.4. The van der Waals surface area contributed by atoms with Crippen molar-refractivity contribution in [3.05, 3.63) is 42.1 Å². The van der Waals surface area contributed by atoms with Gasteiger partial charge in [-0.3, -0.25) is 14.6 Å². The summed E-state index contributed by atoms with van der Waals surface area (Å²) >= 11 is 0. The van der Waals surface area contributed by atoms with Crippen LogP contribution in [0.1, 0.15) is 19.5 Å². The van der Waals surface area contributed by atoms with Crippen molar-refractivity contribution in [3.63, 3.8) is 0 Å². The third kappa shape index (κ3) is 3.78. The second-order valence-electron chi connectivity index (χ2n) is 5.32. The average molecular weight is 285 g/mol. The number of rotatable bonds is 5. The van der Waals surface area contributed by atoms with Crippen molar-refractivity contribution in [3.8, 4) is 0 Å². The number of nitrogens with zero attached hydrogens (tertiary/aromatic N) is 1. The number of nitrogens with two attached hydrogens (primary N) is 1. The molecule has 110 valence electrons. The summed E-state index contributed by atoms with van der Waals surface area (Å²) in [6, 6.07) is 10.8. The molecule has 3 N–H and O–H groups in total. The largest absolute Gasteiger partial charge is 0.368 e. The fraction of sp³-hybridized carbons (Fsp3) is 0.312. The van der Waals surface area contributed by atoms with Gasteiger partial charge in [-0.1, -0.05) is 38.1 Å². The monoisotopic (exact) mass is 285 g/mol. The number of hydrogen-bond donors (Lipinski definition) is 2. The molecule has 0 spiro atoms. The van der Waals surface area contributed by atoms with Crippen molar-refractivity contribution in [2.45, 2.75) is 26.3 Å². The fourth-order valence-electron chi connectivity index (χ4n) is 1.99. The van der Waals surface area contributed by atoms with Gasteiger partial charge in [0.05, 0.1) is 5.52 Å². The highest BCUT2D eigenvalue weighted by molar-refractivity contribution is 5.87. The van der Waals surface area contributed by atoms with Crippen LogP contribution in [0.4, 0.5) is 0 Å². The Morgan fingerprint density at radius 2 is 1.90 bits per heavy atom. The Labute approximate surface area is 123 Å². The van der Waals surface area contributed by atoms with E-state index in [0.29, 0.717) is 6.42 Å². The van der Waals surface area contributed by atoms with Gasteiger partial charge in [-0.15, -0.1) is 0 Å². The summed E-state index contributed by atoms with van der Waals surface area (Å²) in [4.78, 5) is 27.7. The van der Waals surface area contributed by atoms with E-state index >= 15 is 0 Å². The van der Waals surface area contributed by atoms with E-state index in [2.05, 4.69) is 10.3 Å². The minimum absolute atomic E-state index is 0.195. The number of fused-ring (bicyclic) bond motifs is 1. The average Bonchev–Trinajstić information content (AvgIpc) is 2.46. The number of primary amides is 1. The highest BCUT2D eigenvalue weighted by Gasteiger charge is 2.20. The molecule has 0 aliphatic rings. The Balaban J connectivity index is 2.18. The minimum Gasteiger partial charge on any atom is -0.368 e. The molecule has 0 saturated heterocycles. The summed E-state index contributed by atoms with van der Waals surface area (Å²) < 4.78 is 0. The summed E-state index contributed by atoms with van der Waals surface area (Å²) in [6.07, 6.45) is 0.290. The molecule has 1 aromatic carbocycles. The van der Waals surface area contributed by atoms with Crippen LogP contribution in [0.15, 0.2) is 36.4 Å². The molecule has 2 rings (SSSR count). The molecule has 0 aliphatic carbocycles. The third-order valence-corrected chi connectivity index (χ3v) is 3.25. The Morgan fingerprint density at radius 1 is 1.19 bits per heavy atom. The van der Waals surface area contributed by atoms with Crippen LogP contribution in [0.5, 0.6) is 0 Å². The van der Waals surface area contributed by atoms with Gasteiger partial charge in [-0.25, -0.2) is 0 Å². The second-order valence-corrected chi connectivity index (χ2v) is 5.32. The molecular weight excluding hydrogens is 266 g/mol. The molecule has 0 aliphatic heterocycles. The molecule has 0 bridgehead atoms. The summed E-state index contributed by atoms with van der Waals surface area (Å²) in [5.41, 5.74) is 6.94. The molecule has 2 aromatic rings. The lowest BCUT2D eigenvalue weighted by Crippen LogP contribution is -2.47. The van der Waals surface area contributed by atoms with Gasteiger partial charge in [0.1, 0.15) is 6.04 Å². The van der Waals surface area contributed by atoms with Gasteiger partial charge in [-0.2, -0.15) is 0 Å². The van der Waals surface area contributed by atoms with E-state index in [4.69, 9.17) is 5.73 Å². The molecule has 1 heterocycles. The van der Waals surface area contributed by atoms with Gasteiger partial charge in [0.15, 0.2) is 0 Å². The molecule has 5 heteroatoms. The van der Waals surface area contributed by atoms with E-state index in [1.807, 2.05) is 36.4 Å². The highest BCUT2D eigenvalue weighted by atomic mass is 16.2. The molecule has 1 atom stereocenters. The SMILES string of the molecule is CC(C)C(=O)N[C@@H](Cc1ccc2ccccc2n1)C(N)=O. The zero-order valence-electron chi connectivity index (χ0n) is 12.2. The summed E-state index contributed by atoms with van der Waals surface area (Å²) in [5.74, 6) is -0.949. The number of aromatic nitrogens is 1. The van der Waals surface area contributed by atoms with Crippen molar-refractivity contribution in [1.29, 1.82) is 0 Å². The van der Waals surface area contributed by atoms with Crippen molar-refractivity contribution in [2.24, 2.45) is 11.7 Å². The smallest absolute Gasteiger partial charge is 0.240 e. The maximum Gasteiger partial charge on any atom is 0.240 e. The fourth-order valence-corrected chi connectivity index (χ4v) is 1.99. The van der Waals surface area contributed by atoms with Crippen molar-refractivity contribution in [2.75, 3.05) is 0 Å². The van der Waals surface area contributed by atoms with E-state index in [1.54, 1.807) is 13.8 Å². The third-order valence-electron chi connectivity index (χ3n) is 3.25. The van der Waals surface area contributed by atoms with E-state index < -0.39 is 11.9 Å². The molecular formula is C16H19N3O2. The van der Waals surface area contributed by atoms with Crippen LogP contribution >= 0.6 is 0 Å². The van der Waals surface area contributed by atoms with Crippen LogP contribution in [0.3, 0.4) is 0 Å². The standard InChI is InChI=1S/C16H19N3O2/c1-10(2)16(21)19-14(15(17)20)9-12-8-7-11-5-3-4-6-13(11)18-12/h3-8,10,14H,9H2,1-2H3,(H2,17,20)(H,19,21)/t14-/m0/s1. The summed E-state index contributed by atoms with van der Waals surface area (Å²) in [7, 11) is 0. The Kier molecular flexibility index (Phi) is 4.52. The van der Waals surface area contributed by atoms with Crippen LogP contribution < -0.4 is 11.1 Å². The van der Waals surface area contributed by atoms with E-state index in [-0.39, 0.29) is 11.8 Å². The van der Waals surface area contributed by atoms with E-state index in [1.165, 1.54) is 0 Å². The lowest BCUT2D eigenvalue weighted by Gasteiger charge is -2.16. The normalized spacial score (nSPS) is 12.3. The maximum atomic E-state index is 11.7. The Morgan fingerprint density at radius 3 is 2.57 bits per heavy atom. The number of carbonyl (C=O) groups is 2. The number of pyridine rings is 1. The summed E-state index contributed by atoms with van der Waals surface area (Å²) in [5, 5.41) is 3.69. The molecule has 0 unspecified atom stereocenters. The molecule has 1 aromatic heterocycles. The van der Waals surface area contributed by atoms with Gasteiger partial charge in [-0.05, 0) is 12.1 Å². The Bertz CT molecular complexity index is 667. The van der Waals surface area contributed by atoms with Crippen LogP contribution in [0, 0.1) is 5.92 Å². The van der Waals surface area contributed by atoms with Crippen LogP contribution in [-0.4, -0.2) is 22.8 Å². The van der Waals surface area contributed by atoms with Gasteiger partial charge in [0.25, 0.3) is 0 Å². The van der Waals surface area contributed by atoms with Crippen molar-refractivity contribution >= 4 is 22.7 Å². The number of para-hydroxylation sites is 1. The first kappa shape index (κ1) is 15.0. The van der Waals surface area contributed by atoms with Crippen LogP contribution in [-0.2, 0) is 16.0 Å². The van der Waals surface area contributed by atoms with Crippen LogP contribution in [0.2, 0.25) is 0 Å². The summed E-state index contributed by atoms with van der Waals surface area (Å²) in [6.45, 7) is 3.53. The molecule has 21 heavy (non-hydrogen) atoms. The zero-order valence-corrected chi connectivity index (χ0v) is 12.2. The first-order chi connectivity index (χ1) is 9.97. The minimum atomic E-state index is -0.742. The van der Waals surface area contributed by atoms with Gasteiger partial charge in [0, 0.05) is 23.4 Å². The number of amides is 2. The Hall–Kier alpha value is -2.43. The van der Waals surface area contributed by atoms with Gasteiger partial charge < -0.3 is 11.1 Å². The molecule has 5 nitrogen and oxygen atoms in total. The maximum absolute atomic E-state index is 11.7. The second kappa shape index (κ2) is 6.35. The number of nitrogens with one attached hydrogen (secondary N) is 1. The highest BCUT2D eigenvalue weighted by Crippen LogP contribution is 2.13. The molecule has 0 saturated carbocycles. The van der Waals surface area contributed by atoms with E-state index in [9.17, 15) is 9.59 Å². The van der Waals surface area contributed by atoms with E-state index in [0.717, 1.165) is 16.6 Å². The number of hydrogen-bond acceptors (Lipinski definition) is 3. The first-order valence-electron chi connectivity index (χ1n) is 6.91. The number of carbonyl (C=O) groups excluding carboxylic acids is 2. The topological polar surface area (TPSA) is 85.1 Å². The predicted octanol–water partition coefficient (Wildman–Crippen LogP) is 1.40. The molecule has 0 fully saturated rings. The predicted molar refractivity (Wildman–Crippen MR) is 81.4 cm³/mol. The van der Waals surface area contributed by atoms with Gasteiger partial charge >= 0.3 is 0 Å². The van der Waals surface area contributed by atoms with Crippen molar-refractivity contribution in [1.82, 2.24) is 10.3 Å². The lowest BCUT2D eigenvalue weighted by molar-refractivity contribution is -0.129. The number of benzene rings is 1. The first-order valence-corrected chi connectivity index (χ1v) is 6.91. The quantitative estimate of drug-likeness (QED) is 0.871.